The summed E-state index contributed by atoms with van der Waals surface area (Å²) < 4.78 is 7.11. The third kappa shape index (κ3) is 5.89. The molecule has 1 atom stereocenters. The van der Waals surface area contributed by atoms with Crippen molar-refractivity contribution in [3.8, 4) is 5.75 Å². The highest BCUT2D eigenvalue weighted by atomic mass is 16.5. The summed E-state index contributed by atoms with van der Waals surface area (Å²) in [5.74, 6) is 0.235. The molecular formula is C27H34N4O4. The minimum Gasteiger partial charge on any atom is -0.508 e. The number of pyridine rings is 1. The van der Waals surface area contributed by atoms with Crippen LogP contribution in [0.25, 0.3) is 0 Å². The first-order valence-electron chi connectivity index (χ1n) is 12.3. The minimum atomic E-state index is -0.322. The molecular weight excluding hydrogens is 444 g/mol. The summed E-state index contributed by atoms with van der Waals surface area (Å²) in [6.07, 6.45) is 7.83. The van der Waals surface area contributed by atoms with Gasteiger partial charge in [-0.25, -0.2) is 0 Å². The van der Waals surface area contributed by atoms with Crippen LogP contribution in [0.5, 0.6) is 5.75 Å². The first-order chi connectivity index (χ1) is 17.0. The molecule has 0 aliphatic heterocycles. The molecule has 0 radical (unpaired) electrons. The van der Waals surface area contributed by atoms with Gasteiger partial charge in [-0.2, -0.15) is 5.10 Å². The number of phenols is 1. The first-order valence-corrected chi connectivity index (χ1v) is 12.3. The van der Waals surface area contributed by atoms with Gasteiger partial charge in [-0.05, 0) is 54.5 Å². The predicted octanol–water partition coefficient (Wildman–Crippen LogP) is 3.77. The predicted molar refractivity (Wildman–Crippen MR) is 133 cm³/mol. The van der Waals surface area contributed by atoms with Crippen LogP contribution in [0.2, 0.25) is 0 Å². The minimum absolute atomic E-state index is 0.00493. The van der Waals surface area contributed by atoms with Gasteiger partial charge in [-0.15, -0.1) is 0 Å². The Balaban J connectivity index is 1.60. The van der Waals surface area contributed by atoms with Crippen LogP contribution in [-0.2, 0) is 29.0 Å². The summed E-state index contributed by atoms with van der Waals surface area (Å²) >= 11 is 0. The number of nitrogens with zero attached hydrogens (tertiary/aromatic N) is 4. The molecule has 1 unspecified atom stereocenters. The molecule has 1 amide bonds. The second-order valence-corrected chi connectivity index (χ2v) is 9.26. The Kier molecular flexibility index (Phi) is 8.15. The molecule has 35 heavy (non-hydrogen) atoms. The van der Waals surface area contributed by atoms with Crippen LogP contribution < -0.4 is 4.90 Å². The van der Waals surface area contributed by atoms with E-state index >= 15 is 0 Å². The second kappa shape index (κ2) is 11.5. The van der Waals surface area contributed by atoms with E-state index in [1.807, 2.05) is 30.5 Å². The van der Waals surface area contributed by atoms with Gasteiger partial charge in [0.2, 0.25) is 5.91 Å². The summed E-state index contributed by atoms with van der Waals surface area (Å²) in [6, 6.07) is 9.39. The first kappa shape index (κ1) is 24.9. The van der Waals surface area contributed by atoms with Gasteiger partial charge >= 0.3 is 0 Å². The van der Waals surface area contributed by atoms with E-state index in [1.165, 1.54) is 0 Å². The number of hydrogen-bond acceptors (Lipinski definition) is 6. The van der Waals surface area contributed by atoms with Crippen molar-refractivity contribution in [2.75, 3.05) is 24.7 Å². The average molecular weight is 479 g/mol. The van der Waals surface area contributed by atoms with Crippen LogP contribution in [0, 0.1) is 0 Å². The molecule has 4 rings (SSSR count). The molecule has 2 aromatic heterocycles. The Morgan fingerprint density at radius 1 is 1.23 bits per heavy atom. The van der Waals surface area contributed by atoms with Gasteiger partial charge in [0.05, 0.1) is 56.9 Å². The number of phenolic OH excluding ortho intramolecular Hbond substituents is 1. The number of ether oxygens (including phenoxy) is 1. The molecule has 3 aromatic rings. The van der Waals surface area contributed by atoms with E-state index in [0.717, 1.165) is 47.3 Å². The molecule has 2 N–H and O–H groups in total. The number of carbonyl (C=O) groups is 1. The van der Waals surface area contributed by atoms with E-state index in [1.54, 1.807) is 28.0 Å². The van der Waals surface area contributed by atoms with E-state index in [4.69, 9.17) is 9.84 Å². The number of anilines is 1. The zero-order valence-electron chi connectivity index (χ0n) is 20.4. The highest BCUT2D eigenvalue weighted by molar-refractivity contribution is 5.98. The fraction of sp³-hybridized carbons (Fsp3) is 0.444. The molecule has 2 heterocycles. The lowest BCUT2D eigenvalue weighted by molar-refractivity contribution is -0.120. The molecule has 8 nitrogen and oxygen atoms in total. The van der Waals surface area contributed by atoms with Crippen LogP contribution in [0.15, 0.2) is 48.9 Å². The normalized spacial score (nSPS) is 15.3. The van der Waals surface area contributed by atoms with Gasteiger partial charge in [-0.1, -0.05) is 26.0 Å². The highest BCUT2D eigenvalue weighted by Crippen LogP contribution is 2.38. The number of aliphatic hydroxyl groups excluding tert-OH is 1. The molecule has 0 fully saturated rings. The Hall–Kier alpha value is -3.23. The van der Waals surface area contributed by atoms with Crippen molar-refractivity contribution in [1.82, 2.24) is 14.8 Å². The molecule has 0 saturated heterocycles. The molecule has 0 bridgehead atoms. The number of fused-ring (bicyclic) bond motifs is 1. The molecule has 1 aliphatic rings. The summed E-state index contributed by atoms with van der Waals surface area (Å²) in [7, 11) is 0. The molecule has 0 spiro atoms. The van der Waals surface area contributed by atoms with E-state index in [0.29, 0.717) is 32.2 Å². The van der Waals surface area contributed by atoms with Crippen molar-refractivity contribution in [2.45, 2.75) is 58.0 Å². The van der Waals surface area contributed by atoms with Crippen molar-refractivity contribution >= 4 is 11.6 Å². The van der Waals surface area contributed by atoms with Crippen molar-refractivity contribution < 1.29 is 19.7 Å². The number of amides is 1. The van der Waals surface area contributed by atoms with E-state index in [-0.39, 0.29) is 24.2 Å². The number of carbonyl (C=O) groups excluding carboxylic acids is 1. The monoisotopic (exact) mass is 478 g/mol. The number of benzene rings is 1. The molecule has 1 aromatic carbocycles. The average Bonchev–Trinajstić information content (AvgIpc) is 3.32. The number of hydrogen-bond donors (Lipinski definition) is 2. The van der Waals surface area contributed by atoms with Crippen molar-refractivity contribution in [1.29, 1.82) is 0 Å². The van der Waals surface area contributed by atoms with Gasteiger partial charge in [0.1, 0.15) is 5.75 Å². The third-order valence-corrected chi connectivity index (χ3v) is 6.45. The van der Waals surface area contributed by atoms with Crippen molar-refractivity contribution in [2.24, 2.45) is 0 Å². The lowest BCUT2D eigenvalue weighted by Crippen LogP contribution is -2.36. The lowest BCUT2D eigenvalue weighted by Gasteiger charge is -2.31. The van der Waals surface area contributed by atoms with Crippen LogP contribution in [0.3, 0.4) is 0 Å². The van der Waals surface area contributed by atoms with E-state index in [9.17, 15) is 9.90 Å². The number of aliphatic hydroxyl groups is 1. The van der Waals surface area contributed by atoms with Gasteiger partial charge in [0, 0.05) is 17.5 Å². The summed E-state index contributed by atoms with van der Waals surface area (Å²) in [4.78, 5) is 20.4. The number of rotatable bonds is 10. The zero-order chi connectivity index (χ0) is 24.8. The number of aromatic hydroxyl groups is 1. The molecule has 186 valence electrons. The smallest absolute Gasteiger partial charge is 0.234 e. The maximum atomic E-state index is 14.0. The summed E-state index contributed by atoms with van der Waals surface area (Å²) in [6.45, 7) is 5.86. The Morgan fingerprint density at radius 3 is 2.83 bits per heavy atom. The quantitative estimate of drug-likeness (QED) is 0.430. The Bertz CT molecular complexity index is 1130. The summed E-state index contributed by atoms with van der Waals surface area (Å²) in [5, 5.41) is 23.6. The Labute approximate surface area is 206 Å². The largest absolute Gasteiger partial charge is 0.508 e. The van der Waals surface area contributed by atoms with Gasteiger partial charge in [0.25, 0.3) is 0 Å². The van der Waals surface area contributed by atoms with Gasteiger partial charge < -0.3 is 19.8 Å². The topological polar surface area (TPSA) is 101 Å². The molecule has 8 heteroatoms. The van der Waals surface area contributed by atoms with Gasteiger partial charge in [0.15, 0.2) is 0 Å². The third-order valence-electron chi connectivity index (χ3n) is 6.45. The van der Waals surface area contributed by atoms with Crippen molar-refractivity contribution in [3.05, 3.63) is 71.3 Å². The maximum absolute atomic E-state index is 14.0. The maximum Gasteiger partial charge on any atom is 0.234 e. The van der Waals surface area contributed by atoms with Gasteiger partial charge in [-0.3, -0.25) is 14.5 Å². The fourth-order valence-electron chi connectivity index (χ4n) is 4.59. The highest BCUT2D eigenvalue weighted by Gasteiger charge is 2.32. The molecule has 0 saturated carbocycles. The molecule has 1 aliphatic carbocycles. The van der Waals surface area contributed by atoms with E-state index in [2.05, 4.69) is 23.9 Å². The SMILES string of the molecule is CC(C)c1ccc(N(Cc2cnn(CCOCCO)c2)C(=O)C2CCCc3c(O)cccc32)cn1. The second-order valence-electron chi connectivity index (χ2n) is 9.26. The standard InChI is InChI=1S/C27H34N4O4/c1-19(2)25-10-9-21(16-28-25)31(18-20-15-29-30(17-20)11-13-35-14-12-32)27(34)24-7-3-6-23-22(24)5-4-8-26(23)33/h4-5,8-10,15-17,19,24,32-33H,3,6-7,11-14,18H2,1-2H3. The van der Waals surface area contributed by atoms with Crippen LogP contribution in [0.4, 0.5) is 5.69 Å². The zero-order valence-corrected chi connectivity index (χ0v) is 20.4. The van der Waals surface area contributed by atoms with Crippen LogP contribution in [0.1, 0.15) is 60.9 Å². The summed E-state index contributed by atoms with van der Waals surface area (Å²) in [5.41, 5.74) is 4.41. The van der Waals surface area contributed by atoms with Crippen molar-refractivity contribution in [3.63, 3.8) is 0 Å². The van der Waals surface area contributed by atoms with Crippen LogP contribution in [-0.4, -0.2) is 50.7 Å². The van der Waals surface area contributed by atoms with E-state index < -0.39 is 0 Å². The number of aromatic nitrogens is 3. The Morgan fingerprint density at radius 2 is 2.09 bits per heavy atom. The van der Waals surface area contributed by atoms with Crippen LogP contribution >= 0.6 is 0 Å². The fourth-order valence-corrected chi connectivity index (χ4v) is 4.59. The lowest BCUT2D eigenvalue weighted by atomic mass is 9.81.